The van der Waals surface area contributed by atoms with Crippen LogP contribution in [0, 0.1) is 29.5 Å². The van der Waals surface area contributed by atoms with Gasteiger partial charge < -0.3 is 10.1 Å². The van der Waals surface area contributed by atoms with Gasteiger partial charge in [-0.25, -0.2) is 19.0 Å². The quantitative estimate of drug-likeness (QED) is 0.469. The van der Waals surface area contributed by atoms with Gasteiger partial charge in [-0.3, -0.25) is 9.78 Å². The highest BCUT2D eigenvalue weighted by molar-refractivity contribution is 5.92. The molecule has 2 saturated carbocycles. The molecule has 1 N–H and O–H groups in total. The maximum Gasteiger partial charge on any atom is 0.228 e. The number of fused-ring (bicyclic) bond motifs is 2. The summed E-state index contributed by atoms with van der Waals surface area (Å²) in [6.07, 6.45) is 8.26. The van der Waals surface area contributed by atoms with Gasteiger partial charge in [0.1, 0.15) is 30.0 Å². The molecule has 1 unspecified atom stereocenters. The molecule has 0 bridgehead atoms. The average molecular weight is 458 g/mol. The van der Waals surface area contributed by atoms with E-state index in [1.807, 2.05) is 13.0 Å². The summed E-state index contributed by atoms with van der Waals surface area (Å²) in [5, 5.41) is 7.69. The zero-order chi connectivity index (χ0) is 23.2. The summed E-state index contributed by atoms with van der Waals surface area (Å²) in [7, 11) is 0. The standard InChI is InChI=1S/C25H23FN6O2/c1-14(25(33)31-23-5-3-16(11-29-23)32-13-27-12-30-32)24-18-9-17(10-19(18)24)34-22-6-7-28-21-4-2-15(26)8-20(21)22/h2-8,11-14,17-19,24H,9-10H2,1H3,(H,29,31,33)/t14?,17-,18-,19+,24+. The molecular formula is C25H23FN6O2. The molecular weight excluding hydrogens is 435 g/mol. The lowest BCUT2D eigenvalue weighted by Gasteiger charge is -2.20. The number of benzene rings is 1. The Morgan fingerprint density at radius 3 is 2.76 bits per heavy atom. The number of hydrogen-bond donors (Lipinski definition) is 1. The first-order valence-corrected chi connectivity index (χ1v) is 11.4. The van der Waals surface area contributed by atoms with E-state index in [2.05, 4.69) is 25.4 Å². The molecule has 3 heterocycles. The summed E-state index contributed by atoms with van der Waals surface area (Å²) < 4.78 is 21.6. The normalized spacial score (nSPS) is 23.9. The number of carbonyl (C=O) groups is 1. The van der Waals surface area contributed by atoms with E-state index in [0.717, 1.165) is 18.5 Å². The van der Waals surface area contributed by atoms with Crippen molar-refractivity contribution < 1.29 is 13.9 Å². The van der Waals surface area contributed by atoms with E-state index < -0.39 is 0 Å². The van der Waals surface area contributed by atoms with Gasteiger partial charge in [-0.15, -0.1) is 0 Å². The number of anilines is 1. The first kappa shape index (κ1) is 20.7. The molecule has 6 rings (SSSR count). The molecule has 8 nitrogen and oxygen atoms in total. The van der Waals surface area contributed by atoms with Crippen molar-refractivity contribution in [2.24, 2.45) is 23.7 Å². The third-order valence-electron chi connectivity index (χ3n) is 7.10. The Labute approximate surface area is 195 Å². The molecule has 2 fully saturated rings. The Hall–Kier alpha value is -3.88. The molecule has 172 valence electrons. The maximum atomic E-state index is 13.7. The lowest BCUT2D eigenvalue weighted by molar-refractivity contribution is -0.120. The lowest BCUT2D eigenvalue weighted by atomic mass is 9.97. The van der Waals surface area contributed by atoms with Crippen molar-refractivity contribution >= 4 is 22.6 Å². The fraction of sp³-hybridized carbons (Fsp3) is 0.320. The summed E-state index contributed by atoms with van der Waals surface area (Å²) in [5.74, 6) is 2.04. The van der Waals surface area contributed by atoms with Crippen molar-refractivity contribution in [3.63, 3.8) is 0 Å². The molecule has 1 amide bonds. The fourth-order valence-corrected chi connectivity index (χ4v) is 5.41. The topological polar surface area (TPSA) is 94.8 Å². The molecule has 3 aromatic heterocycles. The summed E-state index contributed by atoms with van der Waals surface area (Å²) in [6, 6.07) is 9.93. The van der Waals surface area contributed by atoms with Crippen LogP contribution < -0.4 is 10.1 Å². The van der Waals surface area contributed by atoms with Crippen LogP contribution in [-0.4, -0.2) is 36.7 Å². The summed E-state index contributed by atoms with van der Waals surface area (Å²) >= 11 is 0. The van der Waals surface area contributed by atoms with Crippen LogP contribution in [0.2, 0.25) is 0 Å². The lowest BCUT2D eigenvalue weighted by Crippen LogP contribution is -2.26. The predicted molar refractivity (Wildman–Crippen MR) is 123 cm³/mol. The Balaban J connectivity index is 1.05. The summed E-state index contributed by atoms with van der Waals surface area (Å²) in [5.41, 5.74) is 1.49. The number of amides is 1. The minimum absolute atomic E-state index is 0.0199. The molecule has 0 saturated heterocycles. The number of hydrogen-bond acceptors (Lipinski definition) is 6. The van der Waals surface area contributed by atoms with E-state index in [-0.39, 0.29) is 23.7 Å². The van der Waals surface area contributed by atoms with Gasteiger partial charge in [0.05, 0.1) is 23.5 Å². The van der Waals surface area contributed by atoms with Crippen molar-refractivity contribution in [3.05, 3.63) is 67.3 Å². The van der Waals surface area contributed by atoms with Gasteiger partial charge in [0.2, 0.25) is 5.91 Å². The van der Waals surface area contributed by atoms with Crippen molar-refractivity contribution in [2.45, 2.75) is 25.9 Å². The van der Waals surface area contributed by atoms with Crippen molar-refractivity contribution in [3.8, 4) is 11.4 Å². The SMILES string of the molecule is CC(C(=O)Nc1ccc(-n2cncn2)cn1)[C@H]1[C@@H]2C[C@@H](Oc3ccnc4ccc(F)cc34)C[C@@H]21. The third-order valence-corrected chi connectivity index (χ3v) is 7.10. The number of nitrogens with zero attached hydrogens (tertiary/aromatic N) is 5. The summed E-state index contributed by atoms with van der Waals surface area (Å²) in [6.45, 7) is 1.98. The van der Waals surface area contributed by atoms with Gasteiger partial charge in [-0.05, 0) is 67.0 Å². The second-order valence-corrected chi connectivity index (χ2v) is 9.11. The van der Waals surface area contributed by atoms with Crippen LogP contribution in [-0.2, 0) is 4.79 Å². The Bertz CT molecular complexity index is 1330. The van der Waals surface area contributed by atoms with Gasteiger partial charge in [0.25, 0.3) is 0 Å². The smallest absolute Gasteiger partial charge is 0.228 e. The van der Waals surface area contributed by atoms with Crippen LogP contribution in [0.1, 0.15) is 19.8 Å². The molecule has 1 aromatic carbocycles. The molecule has 0 spiro atoms. The van der Waals surface area contributed by atoms with Gasteiger partial charge >= 0.3 is 0 Å². The van der Waals surface area contributed by atoms with Gasteiger partial charge in [-0.2, -0.15) is 5.10 Å². The fourth-order valence-electron chi connectivity index (χ4n) is 5.41. The zero-order valence-electron chi connectivity index (χ0n) is 18.5. The Kier molecular flexibility index (Phi) is 4.97. The Morgan fingerprint density at radius 2 is 2.03 bits per heavy atom. The molecule has 4 aromatic rings. The molecule has 34 heavy (non-hydrogen) atoms. The highest BCUT2D eigenvalue weighted by Gasteiger charge is 2.59. The maximum absolute atomic E-state index is 13.7. The van der Waals surface area contributed by atoms with Crippen LogP contribution in [0.15, 0.2) is 61.4 Å². The van der Waals surface area contributed by atoms with Gasteiger partial charge in [0.15, 0.2) is 0 Å². The van der Waals surface area contributed by atoms with Crippen molar-refractivity contribution in [2.75, 3.05) is 5.32 Å². The number of pyridine rings is 2. The first-order chi connectivity index (χ1) is 16.6. The minimum atomic E-state index is -0.304. The molecule has 2 aliphatic carbocycles. The first-order valence-electron chi connectivity index (χ1n) is 11.4. The number of carbonyl (C=O) groups excluding carboxylic acids is 1. The molecule has 0 aliphatic heterocycles. The number of rotatable bonds is 6. The highest BCUT2D eigenvalue weighted by Crippen LogP contribution is 2.61. The molecule has 0 radical (unpaired) electrons. The average Bonchev–Trinajstić information content (AvgIpc) is 3.21. The van der Waals surface area contributed by atoms with E-state index in [0.29, 0.717) is 40.2 Å². The van der Waals surface area contributed by atoms with E-state index in [1.54, 1.807) is 41.6 Å². The van der Waals surface area contributed by atoms with E-state index >= 15 is 0 Å². The number of nitrogens with one attached hydrogen (secondary N) is 1. The van der Waals surface area contributed by atoms with Crippen LogP contribution in [0.4, 0.5) is 10.2 Å². The Morgan fingerprint density at radius 1 is 1.18 bits per heavy atom. The van der Waals surface area contributed by atoms with Gasteiger partial charge in [-0.1, -0.05) is 6.92 Å². The minimum Gasteiger partial charge on any atom is -0.490 e. The van der Waals surface area contributed by atoms with E-state index in [4.69, 9.17) is 4.74 Å². The van der Waals surface area contributed by atoms with Crippen LogP contribution in [0.3, 0.4) is 0 Å². The number of aromatic nitrogens is 5. The highest BCUT2D eigenvalue weighted by atomic mass is 19.1. The number of halogens is 1. The van der Waals surface area contributed by atoms with Crippen LogP contribution in [0.25, 0.3) is 16.6 Å². The predicted octanol–water partition coefficient (Wildman–Crippen LogP) is 4.03. The zero-order valence-corrected chi connectivity index (χ0v) is 18.5. The third kappa shape index (κ3) is 3.76. The molecule has 9 heteroatoms. The number of ether oxygens (including phenoxy) is 1. The van der Waals surface area contributed by atoms with Gasteiger partial charge in [0, 0.05) is 17.5 Å². The second-order valence-electron chi connectivity index (χ2n) is 9.11. The van der Waals surface area contributed by atoms with Crippen molar-refractivity contribution in [1.82, 2.24) is 24.7 Å². The van der Waals surface area contributed by atoms with Crippen LogP contribution >= 0.6 is 0 Å². The summed E-state index contributed by atoms with van der Waals surface area (Å²) in [4.78, 5) is 25.4. The largest absolute Gasteiger partial charge is 0.490 e. The molecule has 2 aliphatic rings. The van der Waals surface area contributed by atoms with E-state index in [9.17, 15) is 9.18 Å². The van der Waals surface area contributed by atoms with Crippen LogP contribution in [0.5, 0.6) is 5.75 Å². The van der Waals surface area contributed by atoms with E-state index in [1.165, 1.54) is 18.5 Å². The molecule has 5 atom stereocenters. The second kappa shape index (κ2) is 8.16. The monoisotopic (exact) mass is 458 g/mol. The van der Waals surface area contributed by atoms with Crippen molar-refractivity contribution in [1.29, 1.82) is 0 Å².